The first-order valence-corrected chi connectivity index (χ1v) is 6.28. The summed E-state index contributed by atoms with van der Waals surface area (Å²) in [4.78, 5) is 0. The maximum absolute atomic E-state index is 9.20. The van der Waals surface area contributed by atoms with E-state index in [0.29, 0.717) is 11.8 Å². The molecule has 0 aliphatic heterocycles. The fraction of sp³-hybridized carbons (Fsp3) is 0.571. The smallest absolute Gasteiger partial charge is 0.115 e. The monoisotopic (exact) mass is 219 g/mol. The highest BCUT2D eigenvalue weighted by Crippen LogP contribution is 2.33. The van der Waals surface area contributed by atoms with Gasteiger partial charge in [0.25, 0.3) is 0 Å². The van der Waals surface area contributed by atoms with Crippen molar-refractivity contribution < 1.29 is 5.11 Å². The van der Waals surface area contributed by atoms with E-state index >= 15 is 0 Å². The maximum Gasteiger partial charge on any atom is 0.115 e. The molecule has 1 aliphatic rings. The van der Waals surface area contributed by atoms with Gasteiger partial charge >= 0.3 is 0 Å². The van der Waals surface area contributed by atoms with Gasteiger partial charge in [-0.3, -0.25) is 0 Å². The van der Waals surface area contributed by atoms with Crippen LogP contribution in [0.3, 0.4) is 0 Å². The summed E-state index contributed by atoms with van der Waals surface area (Å²) in [5.41, 5.74) is 1.24. The summed E-state index contributed by atoms with van der Waals surface area (Å²) >= 11 is 0. The molecule has 0 radical (unpaired) electrons. The van der Waals surface area contributed by atoms with Crippen molar-refractivity contribution in [3.8, 4) is 5.75 Å². The number of hydrogen-bond donors (Lipinski definition) is 2. The predicted octanol–water partition coefficient (Wildman–Crippen LogP) is 3.23. The van der Waals surface area contributed by atoms with E-state index in [9.17, 15) is 5.11 Å². The third-order valence-corrected chi connectivity index (χ3v) is 3.33. The highest BCUT2D eigenvalue weighted by Gasteiger charge is 2.20. The second kappa shape index (κ2) is 5.35. The topological polar surface area (TPSA) is 32.3 Å². The van der Waals surface area contributed by atoms with Gasteiger partial charge in [0.05, 0.1) is 0 Å². The molecule has 16 heavy (non-hydrogen) atoms. The molecule has 0 heterocycles. The molecule has 1 saturated carbocycles. The van der Waals surface area contributed by atoms with Gasteiger partial charge in [0, 0.05) is 6.04 Å². The van der Waals surface area contributed by atoms with Gasteiger partial charge in [-0.15, -0.1) is 0 Å². The van der Waals surface area contributed by atoms with Crippen LogP contribution < -0.4 is 5.32 Å². The lowest BCUT2D eigenvalue weighted by Gasteiger charge is -2.14. The van der Waals surface area contributed by atoms with E-state index in [-0.39, 0.29) is 0 Å². The van der Waals surface area contributed by atoms with E-state index in [1.807, 2.05) is 12.1 Å². The number of benzene rings is 1. The van der Waals surface area contributed by atoms with Crippen molar-refractivity contribution in [1.29, 1.82) is 0 Å². The first-order chi connectivity index (χ1) is 7.75. The van der Waals surface area contributed by atoms with Crippen LogP contribution in [0.5, 0.6) is 5.75 Å². The number of phenols is 1. The van der Waals surface area contributed by atoms with Crippen LogP contribution in [0.4, 0.5) is 0 Å². The molecule has 1 aliphatic carbocycles. The van der Waals surface area contributed by atoms with Crippen molar-refractivity contribution in [2.75, 3.05) is 6.54 Å². The average Bonchev–Trinajstić information content (AvgIpc) is 3.09. The zero-order chi connectivity index (χ0) is 11.4. The predicted molar refractivity (Wildman–Crippen MR) is 66.5 cm³/mol. The Hall–Kier alpha value is -1.02. The minimum absolute atomic E-state index is 0.338. The lowest BCUT2D eigenvalue weighted by Crippen LogP contribution is -2.19. The molecule has 1 aromatic carbocycles. The summed E-state index contributed by atoms with van der Waals surface area (Å²) in [5.74, 6) is 1.37. The molecule has 1 unspecified atom stereocenters. The summed E-state index contributed by atoms with van der Waals surface area (Å²) in [6, 6.07) is 7.83. The van der Waals surface area contributed by atoms with Crippen molar-refractivity contribution in [1.82, 2.24) is 5.32 Å². The largest absolute Gasteiger partial charge is 0.508 e. The SMILES string of the molecule is CC(NCCCC1CC1)c1ccc(O)cc1. The molecule has 0 spiro atoms. The van der Waals surface area contributed by atoms with Gasteiger partial charge in [-0.1, -0.05) is 25.0 Å². The molecule has 2 rings (SSSR count). The molecule has 0 amide bonds. The Labute approximate surface area is 97.7 Å². The highest BCUT2D eigenvalue weighted by molar-refractivity contribution is 5.27. The van der Waals surface area contributed by atoms with Crippen LogP contribution in [-0.4, -0.2) is 11.7 Å². The minimum Gasteiger partial charge on any atom is -0.508 e. The summed E-state index contributed by atoms with van der Waals surface area (Å²) in [6.07, 6.45) is 5.57. The van der Waals surface area contributed by atoms with Gasteiger partial charge < -0.3 is 10.4 Å². The van der Waals surface area contributed by atoms with Gasteiger partial charge in [0.15, 0.2) is 0 Å². The first kappa shape index (κ1) is 11.5. The van der Waals surface area contributed by atoms with Gasteiger partial charge in [0.1, 0.15) is 5.75 Å². The average molecular weight is 219 g/mol. The molecule has 0 saturated heterocycles. The quantitative estimate of drug-likeness (QED) is 0.720. The van der Waals surface area contributed by atoms with E-state index in [1.54, 1.807) is 12.1 Å². The van der Waals surface area contributed by atoms with Gasteiger partial charge in [-0.25, -0.2) is 0 Å². The van der Waals surface area contributed by atoms with E-state index in [0.717, 1.165) is 12.5 Å². The van der Waals surface area contributed by atoms with E-state index in [4.69, 9.17) is 0 Å². The first-order valence-electron chi connectivity index (χ1n) is 6.28. The Morgan fingerprint density at radius 3 is 2.62 bits per heavy atom. The Bertz CT molecular complexity index is 316. The van der Waals surface area contributed by atoms with Crippen LogP contribution in [0, 0.1) is 5.92 Å². The van der Waals surface area contributed by atoms with Gasteiger partial charge in [-0.05, 0) is 49.9 Å². The normalized spacial score (nSPS) is 17.3. The van der Waals surface area contributed by atoms with Crippen LogP contribution >= 0.6 is 0 Å². The molecule has 0 bridgehead atoms. The highest BCUT2D eigenvalue weighted by atomic mass is 16.3. The maximum atomic E-state index is 9.20. The summed E-state index contributed by atoms with van der Waals surface area (Å²) in [6.45, 7) is 3.27. The number of rotatable bonds is 6. The number of nitrogens with one attached hydrogen (secondary N) is 1. The van der Waals surface area contributed by atoms with E-state index in [2.05, 4.69) is 12.2 Å². The molecule has 2 heteroatoms. The number of phenolic OH excluding ortho intramolecular Hbond substituents is 1. The molecular weight excluding hydrogens is 198 g/mol. The lowest BCUT2D eigenvalue weighted by atomic mass is 10.1. The second-order valence-corrected chi connectivity index (χ2v) is 4.85. The number of aromatic hydroxyl groups is 1. The molecule has 2 nitrogen and oxygen atoms in total. The Morgan fingerprint density at radius 1 is 1.31 bits per heavy atom. The van der Waals surface area contributed by atoms with Crippen LogP contribution in [0.15, 0.2) is 24.3 Å². The molecule has 2 N–H and O–H groups in total. The molecule has 1 fully saturated rings. The Morgan fingerprint density at radius 2 is 2.00 bits per heavy atom. The fourth-order valence-electron chi connectivity index (χ4n) is 2.00. The summed E-state index contributed by atoms with van der Waals surface area (Å²) in [7, 11) is 0. The lowest BCUT2D eigenvalue weighted by molar-refractivity contribution is 0.474. The van der Waals surface area contributed by atoms with Crippen molar-refractivity contribution in [2.45, 2.75) is 38.6 Å². The molecule has 1 atom stereocenters. The fourth-order valence-corrected chi connectivity index (χ4v) is 2.00. The van der Waals surface area contributed by atoms with Gasteiger partial charge in [0.2, 0.25) is 0 Å². The Kier molecular flexibility index (Phi) is 3.83. The standard InChI is InChI=1S/C14H21NO/c1-11(13-6-8-14(16)9-7-13)15-10-2-3-12-4-5-12/h6-9,11-12,15-16H,2-5,10H2,1H3. The van der Waals surface area contributed by atoms with Crippen LogP contribution in [-0.2, 0) is 0 Å². The van der Waals surface area contributed by atoms with Crippen molar-refractivity contribution >= 4 is 0 Å². The van der Waals surface area contributed by atoms with Crippen LogP contribution in [0.25, 0.3) is 0 Å². The molecular formula is C14H21NO. The summed E-state index contributed by atoms with van der Waals surface area (Å²) < 4.78 is 0. The third-order valence-electron chi connectivity index (χ3n) is 3.33. The van der Waals surface area contributed by atoms with Gasteiger partial charge in [-0.2, -0.15) is 0 Å². The van der Waals surface area contributed by atoms with Crippen molar-refractivity contribution in [2.24, 2.45) is 5.92 Å². The third kappa shape index (κ3) is 3.53. The van der Waals surface area contributed by atoms with E-state index in [1.165, 1.54) is 31.2 Å². The molecule has 88 valence electrons. The zero-order valence-corrected chi connectivity index (χ0v) is 9.95. The van der Waals surface area contributed by atoms with Crippen molar-refractivity contribution in [3.05, 3.63) is 29.8 Å². The molecule has 1 aromatic rings. The Balaban J connectivity index is 1.69. The van der Waals surface area contributed by atoms with Crippen LogP contribution in [0.2, 0.25) is 0 Å². The number of hydrogen-bond acceptors (Lipinski definition) is 2. The molecule has 0 aromatic heterocycles. The van der Waals surface area contributed by atoms with E-state index < -0.39 is 0 Å². The second-order valence-electron chi connectivity index (χ2n) is 4.85. The van der Waals surface area contributed by atoms with Crippen LogP contribution in [0.1, 0.15) is 44.2 Å². The summed E-state index contributed by atoms with van der Waals surface area (Å²) in [5, 5.41) is 12.7. The zero-order valence-electron chi connectivity index (χ0n) is 9.95. The minimum atomic E-state index is 0.338. The van der Waals surface area contributed by atoms with Crippen molar-refractivity contribution in [3.63, 3.8) is 0 Å².